The number of hydrogen-bond donors (Lipinski definition) is 0. The van der Waals surface area contributed by atoms with E-state index in [2.05, 4.69) is 31.8 Å². The van der Waals surface area contributed by atoms with Gasteiger partial charge in [0.1, 0.15) is 12.4 Å². The fourth-order valence-electron chi connectivity index (χ4n) is 3.61. The van der Waals surface area contributed by atoms with Gasteiger partial charge in [0.15, 0.2) is 0 Å². The van der Waals surface area contributed by atoms with Crippen molar-refractivity contribution in [3.8, 4) is 5.75 Å². The zero-order chi connectivity index (χ0) is 18.6. The van der Waals surface area contributed by atoms with Crippen LogP contribution >= 0.6 is 0 Å². The Balaban J connectivity index is 1.77. The summed E-state index contributed by atoms with van der Waals surface area (Å²) in [5, 5.41) is 0. The molecule has 0 unspecified atom stereocenters. The number of rotatable bonds is 5. The van der Waals surface area contributed by atoms with Gasteiger partial charge in [0.05, 0.1) is 0 Å². The standard InChI is InChI=1S/C22H28O3Si/c1-26(2,3)16-18-14-13-17-9-7-8-12-20(17)21(18)15-24-22(23)25-19-10-5-4-6-11-19/h4-6,10-11,13-14H,7-9,12,15-16H2,1-3H3. The molecule has 0 saturated carbocycles. The van der Waals surface area contributed by atoms with Crippen LogP contribution in [0.15, 0.2) is 42.5 Å². The van der Waals surface area contributed by atoms with Gasteiger partial charge in [-0.05, 0) is 66.1 Å². The second-order valence-corrected chi connectivity index (χ2v) is 13.7. The van der Waals surface area contributed by atoms with E-state index < -0.39 is 14.2 Å². The molecule has 3 rings (SSSR count). The lowest BCUT2D eigenvalue weighted by atomic mass is 9.86. The molecule has 0 radical (unpaired) electrons. The van der Waals surface area contributed by atoms with Gasteiger partial charge in [0.2, 0.25) is 0 Å². The molecule has 1 aliphatic carbocycles. The van der Waals surface area contributed by atoms with Gasteiger partial charge in [-0.25, -0.2) is 4.79 Å². The maximum absolute atomic E-state index is 12.1. The van der Waals surface area contributed by atoms with E-state index in [1.807, 2.05) is 18.2 Å². The van der Waals surface area contributed by atoms with Crippen molar-refractivity contribution in [1.82, 2.24) is 0 Å². The Labute approximate surface area is 157 Å². The Morgan fingerprint density at radius 3 is 2.46 bits per heavy atom. The van der Waals surface area contributed by atoms with E-state index in [0.29, 0.717) is 12.4 Å². The van der Waals surface area contributed by atoms with E-state index in [-0.39, 0.29) is 0 Å². The average molecular weight is 369 g/mol. The molecule has 0 saturated heterocycles. The van der Waals surface area contributed by atoms with Gasteiger partial charge >= 0.3 is 6.16 Å². The Hall–Kier alpha value is -2.07. The zero-order valence-electron chi connectivity index (χ0n) is 16.0. The van der Waals surface area contributed by atoms with Crippen molar-refractivity contribution in [3.63, 3.8) is 0 Å². The van der Waals surface area contributed by atoms with Crippen molar-refractivity contribution in [3.05, 3.63) is 64.7 Å². The molecule has 0 fully saturated rings. The van der Waals surface area contributed by atoms with Crippen LogP contribution < -0.4 is 4.74 Å². The molecule has 0 N–H and O–H groups in total. The van der Waals surface area contributed by atoms with E-state index in [9.17, 15) is 4.79 Å². The van der Waals surface area contributed by atoms with Crippen LogP contribution in [0.5, 0.6) is 5.75 Å². The third-order valence-corrected chi connectivity index (χ3v) is 6.19. The summed E-state index contributed by atoms with van der Waals surface area (Å²) in [5.74, 6) is 0.509. The summed E-state index contributed by atoms with van der Waals surface area (Å²) in [7, 11) is -1.26. The Morgan fingerprint density at radius 2 is 1.73 bits per heavy atom. The number of fused-ring (bicyclic) bond motifs is 1. The average Bonchev–Trinajstić information content (AvgIpc) is 2.60. The largest absolute Gasteiger partial charge is 0.514 e. The first-order valence-electron chi connectivity index (χ1n) is 9.44. The first-order valence-corrected chi connectivity index (χ1v) is 13.2. The van der Waals surface area contributed by atoms with E-state index >= 15 is 0 Å². The molecular weight excluding hydrogens is 340 g/mol. The van der Waals surface area contributed by atoms with Gasteiger partial charge in [-0.1, -0.05) is 50.0 Å². The van der Waals surface area contributed by atoms with Crippen LogP contribution in [0, 0.1) is 0 Å². The Kier molecular flexibility index (Phi) is 5.82. The molecule has 0 aliphatic heterocycles. The predicted octanol–water partition coefficient (Wildman–Crippen LogP) is 5.70. The maximum atomic E-state index is 12.1. The molecule has 0 heterocycles. The highest BCUT2D eigenvalue weighted by Gasteiger charge is 2.22. The number of carbonyl (C=O) groups is 1. The first kappa shape index (κ1) is 18.7. The van der Waals surface area contributed by atoms with Gasteiger partial charge in [-0.3, -0.25) is 0 Å². The number of para-hydroxylation sites is 1. The molecule has 4 heteroatoms. The van der Waals surface area contributed by atoms with E-state index in [1.165, 1.54) is 35.1 Å². The Bertz CT molecular complexity index is 763. The molecule has 0 spiro atoms. The quantitative estimate of drug-likeness (QED) is 0.386. The van der Waals surface area contributed by atoms with E-state index in [1.54, 1.807) is 12.1 Å². The van der Waals surface area contributed by atoms with Crippen molar-refractivity contribution in [2.24, 2.45) is 0 Å². The molecular formula is C22H28O3Si. The van der Waals surface area contributed by atoms with Crippen LogP contribution in [-0.4, -0.2) is 14.2 Å². The predicted molar refractivity (Wildman–Crippen MR) is 107 cm³/mol. The van der Waals surface area contributed by atoms with Crippen molar-refractivity contribution in [2.75, 3.05) is 0 Å². The fourth-order valence-corrected chi connectivity index (χ4v) is 5.09. The third-order valence-electron chi connectivity index (χ3n) is 4.75. The Morgan fingerprint density at radius 1 is 1.00 bits per heavy atom. The van der Waals surface area contributed by atoms with Crippen molar-refractivity contribution < 1.29 is 14.3 Å². The summed E-state index contributed by atoms with van der Waals surface area (Å²) in [6, 6.07) is 14.7. The second kappa shape index (κ2) is 8.08. The van der Waals surface area contributed by atoms with Gasteiger partial charge in [0, 0.05) is 8.07 Å². The number of hydrogen-bond acceptors (Lipinski definition) is 3. The monoisotopic (exact) mass is 368 g/mol. The number of ether oxygens (including phenoxy) is 2. The highest BCUT2D eigenvalue weighted by molar-refractivity contribution is 6.75. The first-order chi connectivity index (χ1) is 12.4. The minimum Gasteiger partial charge on any atom is -0.429 e. The fraction of sp³-hybridized carbons (Fsp3) is 0.409. The van der Waals surface area contributed by atoms with Gasteiger partial charge in [-0.2, -0.15) is 0 Å². The topological polar surface area (TPSA) is 35.5 Å². The van der Waals surface area contributed by atoms with Crippen LogP contribution in [0.1, 0.15) is 35.1 Å². The minimum absolute atomic E-state index is 0.300. The second-order valence-electron chi connectivity index (χ2n) is 8.24. The highest BCUT2D eigenvalue weighted by Crippen LogP contribution is 2.29. The molecule has 0 atom stereocenters. The van der Waals surface area contributed by atoms with Crippen LogP contribution in [0.4, 0.5) is 4.79 Å². The minimum atomic E-state index is -1.26. The summed E-state index contributed by atoms with van der Waals surface area (Å²) >= 11 is 0. The zero-order valence-corrected chi connectivity index (χ0v) is 17.0. The van der Waals surface area contributed by atoms with Crippen LogP contribution in [0.2, 0.25) is 19.6 Å². The SMILES string of the molecule is C[Si](C)(C)Cc1ccc2c(c1COC(=O)Oc1ccccc1)CCCC2. The number of benzene rings is 2. The van der Waals surface area contributed by atoms with Crippen molar-refractivity contribution in [2.45, 2.75) is 58.0 Å². The normalized spacial score (nSPS) is 13.8. The molecule has 138 valence electrons. The van der Waals surface area contributed by atoms with Crippen LogP contribution in [0.3, 0.4) is 0 Å². The van der Waals surface area contributed by atoms with E-state index in [4.69, 9.17) is 9.47 Å². The molecule has 3 nitrogen and oxygen atoms in total. The summed E-state index contributed by atoms with van der Waals surface area (Å²) in [5.41, 5.74) is 5.39. The molecule has 0 aromatic heterocycles. The maximum Gasteiger partial charge on any atom is 0.514 e. The summed E-state index contributed by atoms with van der Waals surface area (Å²) in [6.45, 7) is 7.43. The van der Waals surface area contributed by atoms with Crippen molar-refractivity contribution >= 4 is 14.2 Å². The molecule has 1 aliphatic rings. The molecule has 0 amide bonds. The van der Waals surface area contributed by atoms with Crippen LogP contribution in [0.25, 0.3) is 0 Å². The smallest absolute Gasteiger partial charge is 0.429 e. The lowest BCUT2D eigenvalue weighted by molar-refractivity contribution is 0.0923. The molecule has 0 bridgehead atoms. The number of aryl methyl sites for hydroxylation is 1. The van der Waals surface area contributed by atoms with Crippen molar-refractivity contribution in [1.29, 1.82) is 0 Å². The van der Waals surface area contributed by atoms with Gasteiger partial charge in [0.25, 0.3) is 0 Å². The third kappa shape index (κ3) is 4.98. The van der Waals surface area contributed by atoms with Gasteiger partial charge in [-0.15, -0.1) is 0 Å². The lowest BCUT2D eigenvalue weighted by Gasteiger charge is -2.25. The highest BCUT2D eigenvalue weighted by atomic mass is 28.3. The van der Waals surface area contributed by atoms with Crippen LogP contribution in [-0.2, 0) is 30.2 Å². The number of carbonyl (C=O) groups excluding carboxylic acids is 1. The van der Waals surface area contributed by atoms with E-state index in [0.717, 1.165) is 18.9 Å². The summed E-state index contributed by atoms with van der Waals surface area (Å²) in [4.78, 5) is 12.1. The molecule has 26 heavy (non-hydrogen) atoms. The lowest BCUT2D eigenvalue weighted by Crippen LogP contribution is -2.26. The molecule has 2 aromatic carbocycles. The molecule has 2 aromatic rings. The van der Waals surface area contributed by atoms with Gasteiger partial charge < -0.3 is 9.47 Å². The summed E-state index contributed by atoms with van der Waals surface area (Å²) in [6.07, 6.45) is 4.04. The summed E-state index contributed by atoms with van der Waals surface area (Å²) < 4.78 is 10.8.